The average Bonchev–Trinajstić information content (AvgIpc) is 2.61. The van der Waals surface area contributed by atoms with Gasteiger partial charge in [0.1, 0.15) is 11.9 Å². The average molecular weight is 182 g/mol. The number of fused-ring (bicyclic) bond motifs is 1. The van der Waals surface area contributed by atoms with Gasteiger partial charge in [0.2, 0.25) is 0 Å². The van der Waals surface area contributed by atoms with E-state index in [-0.39, 0.29) is 6.10 Å². The number of ketones is 2. The van der Waals surface area contributed by atoms with Gasteiger partial charge in [0.15, 0.2) is 5.78 Å². The SMILES string of the molecule is O=C1CCC2OC12.O=C1CCCC1. The molecule has 3 heteroatoms. The Morgan fingerprint density at radius 1 is 1.08 bits per heavy atom. The van der Waals surface area contributed by atoms with Crippen LogP contribution in [0.4, 0.5) is 0 Å². The van der Waals surface area contributed by atoms with Gasteiger partial charge in [0.25, 0.3) is 0 Å². The molecule has 0 N–H and O–H groups in total. The Morgan fingerprint density at radius 2 is 1.77 bits per heavy atom. The predicted octanol–water partition coefficient (Wildman–Crippen LogP) is 1.25. The number of carbonyl (C=O) groups excluding carboxylic acids is 2. The third-order valence-electron chi connectivity index (χ3n) is 2.74. The Balaban J connectivity index is 0.000000102. The van der Waals surface area contributed by atoms with E-state index in [0.29, 0.717) is 17.7 Å². The zero-order valence-corrected chi connectivity index (χ0v) is 7.62. The Morgan fingerprint density at radius 3 is 1.92 bits per heavy atom. The summed E-state index contributed by atoms with van der Waals surface area (Å²) < 4.78 is 4.92. The lowest BCUT2D eigenvalue weighted by Gasteiger charge is -1.82. The molecule has 0 spiro atoms. The molecule has 2 saturated carbocycles. The van der Waals surface area contributed by atoms with Crippen molar-refractivity contribution in [3.63, 3.8) is 0 Å². The standard InChI is InChI=1S/C5H6O2.C5H8O/c6-3-1-2-4-5(3)7-4;6-5-3-1-2-4-5/h4-5H,1-2H2;1-4H2. The van der Waals surface area contributed by atoms with E-state index in [2.05, 4.69) is 0 Å². The molecule has 0 amide bonds. The topological polar surface area (TPSA) is 46.7 Å². The second kappa shape index (κ2) is 3.58. The molecular formula is C10H14O3. The zero-order chi connectivity index (χ0) is 9.26. The fraction of sp³-hybridized carbons (Fsp3) is 0.800. The number of hydrogen-bond donors (Lipinski definition) is 0. The Hall–Kier alpha value is -0.700. The lowest BCUT2D eigenvalue weighted by molar-refractivity contribution is -0.120. The molecule has 72 valence electrons. The molecule has 3 rings (SSSR count). The summed E-state index contributed by atoms with van der Waals surface area (Å²) in [5.41, 5.74) is 0. The van der Waals surface area contributed by atoms with E-state index in [1.165, 1.54) is 0 Å². The smallest absolute Gasteiger partial charge is 0.164 e. The van der Waals surface area contributed by atoms with E-state index in [9.17, 15) is 9.59 Å². The molecule has 13 heavy (non-hydrogen) atoms. The molecule has 1 saturated heterocycles. The second-order valence-electron chi connectivity index (χ2n) is 3.85. The summed E-state index contributed by atoms with van der Waals surface area (Å²) in [4.78, 5) is 20.7. The van der Waals surface area contributed by atoms with Gasteiger partial charge >= 0.3 is 0 Å². The van der Waals surface area contributed by atoms with Crippen molar-refractivity contribution in [2.24, 2.45) is 0 Å². The maximum absolute atomic E-state index is 10.5. The lowest BCUT2D eigenvalue weighted by Crippen LogP contribution is -1.98. The van der Waals surface area contributed by atoms with Gasteiger partial charge in [-0.05, 0) is 19.3 Å². The van der Waals surface area contributed by atoms with Gasteiger partial charge < -0.3 is 4.74 Å². The normalized spacial score (nSPS) is 35.4. The van der Waals surface area contributed by atoms with Crippen LogP contribution >= 0.6 is 0 Å². The first-order chi connectivity index (χ1) is 6.27. The van der Waals surface area contributed by atoms with Crippen LogP contribution in [0.25, 0.3) is 0 Å². The molecular weight excluding hydrogens is 168 g/mol. The highest BCUT2D eigenvalue weighted by Crippen LogP contribution is 2.35. The van der Waals surface area contributed by atoms with E-state index in [1.807, 2.05) is 0 Å². The van der Waals surface area contributed by atoms with Crippen LogP contribution in [0.2, 0.25) is 0 Å². The largest absolute Gasteiger partial charge is 0.361 e. The number of Topliss-reactive ketones (excluding diaryl/α,β-unsaturated/α-hetero) is 2. The predicted molar refractivity (Wildman–Crippen MR) is 46.4 cm³/mol. The molecule has 2 unspecified atom stereocenters. The Labute approximate surface area is 77.4 Å². The number of epoxide rings is 1. The zero-order valence-electron chi connectivity index (χ0n) is 7.62. The highest BCUT2D eigenvalue weighted by molar-refractivity contribution is 5.88. The van der Waals surface area contributed by atoms with Crippen molar-refractivity contribution in [2.75, 3.05) is 0 Å². The Kier molecular flexibility index (Phi) is 2.44. The summed E-state index contributed by atoms with van der Waals surface area (Å²) in [7, 11) is 0. The van der Waals surface area contributed by atoms with E-state index in [4.69, 9.17) is 4.74 Å². The number of rotatable bonds is 0. The van der Waals surface area contributed by atoms with Crippen LogP contribution in [0.1, 0.15) is 38.5 Å². The summed E-state index contributed by atoms with van der Waals surface area (Å²) in [6.45, 7) is 0. The van der Waals surface area contributed by atoms with Gasteiger partial charge in [-0.25, -0.2) is 0 Å². The van der Waals surface area contributed by atoms with Crippen LogP contribution in [-0.2, 0) is 14.3 Å². The lowest BCUT2D eigenvalue weighted by atomic mass is 10.3. The van der Waals surface area contributed by atoms with Gasteiger partial charge in [-0.3, -0.25) is 9.59 Å². The van der Waals surface area contributed by atoms with E-state index < -0.39 is 0 Å². The number of ether oxygens (including phenoxy) is 1. The monoisotopic (exact) mass is 182 g/mol. The molecule has 3 aliphatic rings. The minimum atomic E-state index is 0.0417. The fourth-order valence-corrected chi connectivity index (χ4v) is 1.84. The molecule has 1 aliphatic heterocycles. The van der Waals surface area contributed by atoms with E-state index in [0.717, 1.165) is 38.5 Å². The molecule has 3 nitrogen and oxygen atoms in total. The second-order valence-corrected chi connectivity index (χ2v) is 3.85. The number of carbonyl (C=O) groups is 2. The van der Waals surface area contributed by atoms with Gasteiger partial charge in [-0.2, -0.15) is 0 Å². The summed E-state index contributed by atoms with van der Waals surface area (Å²) in [5.74, 6) is 0.764. The highest BCUT2D eigenvalue weighted by Gasteiger charge is 2.49. The third kappa shape index (κ3) is 2.15. The third-order valence-corrected chi connectivity index (χ3v) is 2.74. The number of hydrogen-bond acceptors (Lipinski definition) is 3. The summed E-state index contributed by atoms with van der Waals surface area (Å²) in [6, 6.07) is 0. The first kappa shape index (κ1) is 8.88. The van der Waals surface area contributed by atoms with Gasteiger partial charge in [0, 0.05) is 19.3 Å². The quantitative estimate of drug-likeness (QED) is 0.529. The van der Waals surface area contributed by atoms with Crippen molar-refractivity contribution in [1.29, 1.82) is 0 Å². The maximum Gasteiger partial charge on any atom is 0.164 e. The summed E-state index contributed by atoms with van der Waals surface area (Å²) in [6.07, 6.45) is 6.09. The minimum absolute atomic E-state index is 0.0417. The van der Waals surface area contributed by atoms with Crippen LogP contribution in [0.3, 0.4) is 0 Å². The van der Waals surface area contributed by atoms with Crippen molar-refractivity contribution in [3.8, 4) is 0 Å². The van der Waals surface area contributed by atoms with Crippen molar-refractivity contribution in [1.82, 2.24) is 0 Å². The molecule has 0 bridgehead atoms. The fourth-order valence-electron chi connectivity index (χ4n) is 1.84. The van der Waals surface area contributed by atoms with Crippen molar-refractivity contribution < 1.29 is 14.3 Å². The van der Waals surface area contributed by atoms with Crippen LogP contribution in [-0.4, -0.2) is 23.8 Å². The molecule has 3 fully saturated rings. The minimum Gasteiger partial charge on any atom is -0.361 e. The van der Waals surface area contributed by atoms with Crippen molar-refractivity contribution in [2.45, 2.75) is 50.7 Å². The van der Waals surface area contributed by atoms with Crippen LogP contribution in [0, 0.1) is 0 Å². The molecule has 0 radical (unpaired) electrons. The van der Waals surface area contributed by atoms with Crippen molar-refractivity contribution in [3.05, 3.63) is 0 Å². The van der Waals surface area contributed by atoms with E-state index in [1.54, 1.807) is 0 Å². The van der Waals surface area contributed by atoms with Crippen molar-refractivity contribution >= 4 is 11.6 Å². The van der Waals surface area contributed by atoms with Gasteiger partial charge in [-0.15, -0.1) is 0 Å². The first-order valence-electron chi connectivity index (χ1n) is 4.97. The van der Waals surface area contributed by atoms with Gasteiger partial charge in [0.05, 0.1) is 6.10 Å². The molecule has 2 atom stereocenters. The molecule has 0 aromatic heterocycles. The molecule has 1 heterocycles. The summed E-state index contributed by atoms with van der Waals surface area (Å²) >= 11 is 0. The summed E-state index contributed by atoms with van der Waals surface area (Å²) in [5, 5.41) is 0. The van der Waals surface area contributed by atoms with Crippen LogP contribution in [0.5, 0.6) is 0 Å². The Bertz CT molecular complexity index is 226. The van der Waals surface area contributed by atoms with Crippen LogP contribution < -0.4 is 0 Å². The maximum atomic E-state index is 10.5. The van der Waals surface area contributed by atoms with Crippen LogP contribution in [0.15, 0.2) is 0 Å². The van der Waals surface area contributed by atoms with Gasteiger partial charge in [-0.1, -0.05) is 0 Å². The molecule has 0 aromatic carbocycles. The molecule has 0 aromatic rings. The first-order valence-corrected chi connectivity index (χ1v) is 4.97. The molecule has 2 aliphatic carbocycles. The highest BCUT2D eigenvalue weighted by atomic mass is 16.6. The van der Waals surface area contributed by atoms with E-state index >= 15 is 0 Å².